The van der Waals surface area contributed by atoms with E-state index in [0.717, 1.165) is 21.8 Å². The lowest BCUT2D eigenvalue weighted by atomic mass is 10.2. The summed E-state index contributed by atoms with van der Waals surface area (Å²) in [5, 5.41) is 4.30. The smallest absolute Gasteiger partial charge is 0.270 e. The van der Waals surface area contributed by atoms with Crippen LogP contribution in [0.3, 0.4) is 0 Å². The van der Waals surface area contributed by atoms with Crippen LogP contribution < -0.4 is 9.62 Å². The second kappa shape index (κ2) is 7.41. The highest BCUT2D eigenvalue weighted by Gasteiger charge is 2.41. The summed E-state index contributed by atoms with van der Waals surface area (Å²) in [5.41, 5.74) is 0.999. The maximum Gasteiger partial charge on any atom is 0.270 e. The number of carbonyl (C=O) groups excluding carboxylic acids is 1. The van der Waals surface area contributed by atoms with Crippen molar-refractivity contribution in [3.05, 3.63) is 93.2 Å². The second-order valence-corrected chi connectivity index (χ2v) is 9.02. The molecule has 3 aromatic rings. The number of anilines is 2. The average molecular weight is 432 g/mol. The summed E-state index contributed by atoms with van der Waals surface area (Å²) < 4.78 is 54.4. The first-order valence-electron chi connectivity index (χ1n) is 8.48. The highest BCUT2D eigenvalue weighted by atomic mass is 32.2. The Hall–Kier alpha value is -3.04. The molecule has 0 atom stereocenters. The largest absolute Gasteiger partial charge is 0.360 e. The molecular formula is C20H14F2N2O3S2. The van der Waals surface area contributed by atoms with Crippen LogP contribution in [0.25, 0.3) is 0 Å². The number of benzene rings is 2. The van der Waals surface area contributed by atoms with Gasteiger partial charge in [0.2, 0.25) is 5.78 Å². The molecule has 0 amide bonds. The Balaban J connectivity index is 1.75. The van der Waals surface area contributed by atoms with Gasteiger partial charge in [0.05, 0.1) is 12.2 Å². The van der Waals surface area contributed by atoms with Crippen molar-refractivity contribution in [1.29, 1.82) is 0 Å². The van der Waals surface area contributed by atoms with E-state index < -0.39 is 32.3 Å². The Morgan fingerprint density at radius 2 is 1.76 bits per heavy atom. The van der Waals surface area contributed by atoms with Crippen molar-refractivity contribution in [2.45, 2.75) is 6.54 Å². The normalized spacial score (nSPS) is 16.7. The maximum atomic E-state index is 13.6. The number of hydrogen-bond acceptors (Lipinski definition) is 5. The van der Waals surface area contributed by atoms with Crippen molar-refractivity contribution in [3.8, 4) is 0 Å². The van der Waals surface area contributed by atoms with Crippen LogP contribution in [0.4, 0.5) is 20.2 Å². The lowest BCUT2D eigenvalue weighted by Crippen LogP contribution is -2.38. The van der Waals surface area contributed by atoms with Gasteiger partial charge in [-0.2, -0.15) is 0 Å². The molecule has 2 aromatic carbocycles. The van der Waals surface area contributed by atoms with Crippen LogP contribution in [0.2, 0.25) is 0 Å². The molecule has 4 rings (SSSR count). The number of halogens is 2. The summed E-state index contributed by atoms with van der Waals surface area (Å²) in [5.74, 6) is -1.63. The molecular weight excluding hydrogens is 418 g/mol. The second-order valence-electron chi connectivity index (χ2n) is 6.27. The molecule has 0 saturated heterocycles. The molecule has 0 spiro atoms. The van der Waals surface area contributed by atoms with Gasteiger partial charge in [-0.05, 0) is 47.3 Å². The van der Waals surface area contributed by atoms with Gasteiger partial charge in [0.15, 0.2) is 4.91 Å². The van der Waals surface area contributed by atoms with Gasteiger partial charge in [-0.1, -0.05) is 18.2 Å². The molecule has 1 N–H and O–H groups in total. The van der Waals surface area contributed by atoms with Crippen LogP contribution in [0.15, 0.2) is 71.1 Å². The van der Waals surface area contributed by atoms with Gasteiger partial charge >= 0.3 is 0 Å². The molecule has 5 nitrogen and oxygen atoms in total. The number of hydrogen-bond donors (Lipinski definition) is 1. The molecule has 148 valence electrons. The van der Waals surface area contributed by atoms with Gasteiger partial charge in [0.25, 0.3) is 10.0 Å². The van der Waals surface area contributed by atoms with E-state index in [1.807, 2.05) is 0 Å². The number of thiophene rings is 1. The van der Waals surface area contributed by atoms with Crippen molar-refractivity contribution >= 4 is 38.5 Å². The Morgan fingerprint density at radius 3 is 2.48 bits per heavy atom. The lowest BCUT2D eigenvalue weighted by molar-refractivity contribution is 0.104. The number of carbonyl (C=O) groups is 1. The number of rotatable bonds is 4. The first-order chi connectivity index (χ1) is 13.9. The fraction of sp³-hybridized carbons (Fsp3) is 0.0500. The average Bonchev–Trinajstić information content (AvgIpc) is 3.15. The van der Waals surface area contributed by atoms with Crippen LogP contribution in [-0.4, -0.2) is 14.2 Å². The number of allylic oxidation sites excluding steroid dienone is 1. The summed E-state index contributed by atoms with van der Waals surface area (Å²) in [4.78, 5) is 12.6. The zero-order valence-electron chi connectivity index (χ0n) is 14.8. The molecule has 0 radical (unpaired) electrons. The number of fused-ring (bicyclic) bond motifs is 1. The Bertz CT molecular complexity index is 1240. The van der Waals surface area contributed by atoms with Gasteiger partial charge in [-0.3, -0.25) is 9.10 Å². The fourth-order valence-corrected chi connectivity index (χ4v) is 5.47. The SMILES string of the molecule is O=C1C(=CNc2cccc(F)c2)S(=O)(=O)N(Cc2cccc(F)c2)c2ccsc21. The molecule has 0 aliphatic carbocycles. The molecule has 0 bridgehead atoms. The van der Waals surface area contributed by atoms with E-state index in [0.29, 0.717) is 11.3 Å². The van der Waals surface area contributed by atoms with E-state index in [1.54, 1.807) is 23.6 Å². The standard InChI is InChI=1S/C20H14F2N2O3S2/c21-14-4-1-3-13(9-14)12-24-17-7-8-28-20(17)19(25)18(29(24,26)27)11-23-16-6-2-5-15(22)10-16/h1-11,23H,12H2. The van der Waals surface area contributed by atoms with E-state index >= 15 is 0 Å². The van der Waals surface area contributed by atoms with Crippen LogP contribution in [-0.2, 0) is 16.6 Å². The minimum Gasteiger partial charge on any atom is -0.360 e. The summed E-state index contributed by atoms with van der Waals surface area (Å²) in [7, 11) is -4.22. The van der Waals surface area contributed by atoms with Gasteiger partial charge in [-0.15, -0.1) is 11.3 Å². The molecule has 0 saturated carbocycles. The Morgan fingerprint density at radius 1 is 1.03 bits per heavy atom. The van der Waals surface area contributed by atoms with Crippen molar-refractivity contribution in [1.82, 2.24) is 0 Å². The van der Waals surface area contributed by atoms with E-state index in [1.165, 1.54) is 36.4 Å². The van der Waals surface area contributed by atoms with Crippen LogP contribution in [0.1, 0.15) is 15.2 Å². The van der Waals surface area contributed by atoms with Crippen molar-refractivity contribution in [2.75, 3.05) is 9.62 Å². The molecule has 29 heavy (non-hydrogen) atoms. The number of ketones is 1. The zero-order chi connectivity index (χ0) is 20.6. The molecule has 1 aliphatic heterocycles. The predicted molar refractivity (Wildman–Crippen MR) is 108 cm³/mol. The highest BCUT2D eigenvalue weighted by Crippen LogP contribution is 2.39. The third kappa shape index (κ3) is 3.66. The molecule has 1 aliphatic rings. The summed E-state index contributed by atoms with van der Waals surface area (Å²) in [6.07, 6.45) is 1.06. The first kappa shape index (κ1) is 19.3. The molecule has 0 fully saturated rings. The minimum absolute atomic E-state index is 0.131. The highest BCUT2D eigenvalue weighted by molar-refractivity contribution is 7.97. The molecule has 1 aromatic heterocycles. The molecule has 9 heteroatoms. The van der Waals surface area contributed by atoms with Gasteiger partial charge in [0, 0.05) is 11.9 Å². The van der Waals surface area contributed by atoms with E-state index in [4.69, 9.17) is 0 Å². The van der Waals surface area contributed by atoms with E-state index in [2.05, 4.69) is 5.32 Å². The number of sulfonamides is 1. The maximum absolute atomic E-state index is 13.6. The Kier molecular flexibility index (Phi) is 4.93. The lowest BCUT2D eigenvalue weighted by Gasteiger charge is -2.29. The van der Waals surface area contributed by atoms with Crippen LogP contribution in [0, 0.1) is 11.6 Å². The third-order valence-electron chi connectivity index (χ3n) is 4.32. The van der Waals surface area contributed by atoms with Crippen molar-refractivity contribution in [2.24, 2.45) is 0 Å². The van der Waals surface area contributed by atoms with Gasteiger partial charge < -0.3 is 5.32 Å². The fourth-order valence-electron chi connectivity index (χ4n) is 2.98. The molecule has 2 heterocycles. The van der Waals surface area contributed by atoms with Gasteiger partial charge in [0.1, 0.15) is 16.5 Å². The van der Waals surface area contributed by atoms with Gasteiger partial charge in [-0.25, -0.2) is 17.2 Å². The van der Waals surface area contributed by atoms with Crippen molar-refractivity contribution < 1.29 is 22.0 Å². The molecule has 0 unspecified atom stereocenters. The summed E-state index contributed by atoms with van der Waals surface area (Å²) in [6, 6.07) is 12.6. The Labute approximate surface area is 170 Å². The number of Topliss-reactive ketones (excluding diaryl/α,β-unsaturated/α-hetero) is 1. The summed E-state index contributed by atoms with van der Waals surface area (Å²) >= 11 is 1.12. The number of nitrogens with zero attached hydrogens (tertiary/aromatic N) is 1. The monoisotopic (exact) mass is 432 g/mol. The minimum atomic E-state index is -4.22. The number of nitrogens with one attached hydrogen (secondary N) is 1. The summed E-state index contributed by atoms with van der Waals surface area (Å²) in [6.45, 7) is -0.131. The van der Waals surface area contributed by atoms with E-state index in [-0.39, 0.29) is 17.1 Å². The van der Waals surface area contributed by atoms with E-state index in [9.17, 15) is 22.0 Å². The predicted octanol–water partition coefficient (Wildman–Crippen LogP) is 4.51. The first-order valence-corrected chi connectivity index (χ1v) is 10.8. The van der Waals surface area contributed by atoms with Crippen LogP contribution >= 0.6 is 11.3 Å². The quantitative estimate of drug-likeness (QED) is 0.616. The van der Waals surface area contributed by atoms with Crippen LogP contribution in [0.5, 0.6) is 0 Å². The topological polar surface area (TPSA) is 66.5 Å². The van der Waals surface area contributed by atoms with Crippen molar-refractivity contribution in [3.63, 3.8) is 0 Å². The zero-order valence-corrected chi connectivity index (χ0v) is 16.4. The third-order valence-corrected chi connectivity index (χ3v) is 6.99.